The van der Waals surface area contributed by atoms with E-state index in [1.54, 1.807) is 6.92 Å². The van der Waals surface area contributed by atoms with E-state index in [0.717, 1.165) is 11.1 Å². The number of rotatable bonds is 2. The van der Waals surface area contributed by atoms with E-state index in [1.165, 1.54) is 7.11 Å². The molecule has 0 unspecified atom stereocenters. The largest absolute Gasteiger partial charge is 0.478 e. The molecule has 0 amide bonds. The molecule has 0 atom stereocenters. The number of hydrogen-bond donors (Lipinski definition) is 1. The summed E-state index contributed by atoms with van der Waals surface area (Å²) in [5.74, 6) is -1.39. The van der Waals surface area contributed by atoms with Crippen molar-refractivity contribution < 1.29 is 19.4 Å². The zero-order valence-electron chi connectivity index (χ0n) is 9.09. The predicted octanol–water partition coefficient (Wildman–Crippen LogP) is 1.67. The highest BCUT2D eigenvalue weighted by molar-refractivity contribution is 5.96. The van der Waals surface area contributed by atoms with Gasteiger partial charge >= 0.3 is 11.9 Å². The minimum Gasteiger partial charge on any atom is -0.478 e. The second-order valence-electron chi connectivity index (χ2n) is 3.67. The molecule has 15 heavy (non-hydrogen) atoms. The van der Waals surface area contributed by atoms with Crippen LogP contribution in [0.15, 0.2) is 22.3 Å². The van der Waals surface area contributed by atoms with Crippen LogP contribution in [0.25, 0.3) is 0 Å². The van der Waals surface area contributed by atoms with Crippen molar-refractivity contribution in [1.29, 1.82) is 0 Å². The number of carbonyl (C=O) groups excluding carboxylic acids is 1. The van der Waals surface area contributed by atoms with Gasteiger partial charge in [-0.05, 0) is 20.3 Å². The molecule has 1 aliphatic rings. The molecule has 1 rings (SSSR count). The summed E-state index contributed by atoms with van der Waals surface area (Å²) >= 11 is 0. The maximum absolute atomic E-state index is 11.4. The Morgan fingerprint density at radius 1 is 1.13 bits per heavy atom. The van der Waals surface area contributed by atoms with Gasteiger partial charge in [0.1, 0.15) is 0 Å². The molecule has 0 radical (unpaired) electrons. The molecule has 82 valence electrons. The van der Waals surface area contributed by atoms with Gasteiger partial charge in [0.15, 0.2) is 0 Å². The molecule has 0 aliphatic heterocycles. The van der Waals surface area contributed by atoms with Gasteiger partial charge in [-0.15, -0.1) is 0 Å². The summed E-state index contributed by atoms with van der Waals surface area (Å²) in [5, 5.41) is 8.93. The summed E-state index contributed by atoms with van der Waals surface area (Å²) in [6, 6.07) is 0. The Bertz CT molecular complexity index is 374. The van der Waals surface area contributed by atoms with Crippen molar-refractivity contribution in [2.45, 2.75) is 26.7 Å². The van der Waals surface area contributed by atoms with E-state index in [9.17, 15) is 9.59 Å². The van der Waals surface area contributed by atoms with Crippen LogP contribution in [0.5, 0.6) is 0 Å². The maximum Gasteiger partial charge on any atom is 0.334 e. The van der Waals surface area contributed by atoms with Gasteiger partial charge in [0.2, 0.25) is 0 Å². The Morgan fingerprint density at radius 2 is 1.67 bits per heavy atom. The predicted molar refractivity (Wildman–Crippen MR) is 54.3 cm³/mol. The molecule has 0 saturated carbocycles. The third-order valence-corrected chi connectivity index (χ3v) is 2.60. The summed E-state index contributed by atoms with van der Waals surface area (Å²) in [7, 11) is 1.30. The molecule has 0 aromatic rings. The van der Waals surface area contributed by atoms with E-state index in [4.69, 9.17) is 5.11 Å². The molecule has 0 aromatic heterocycles. The van der Waals surface area contributed by atoms with Crippen LogP contribution in [0.4, 0.5) is 0 Å². The molecule has 4 heteroatoms. The number of ether oxygens (including phenoxy) is 1. The van der Waals surface area contributed by atoms with E-state index in [0.29, 0.717) is 17.6 Å². The lowest BCUT2D eigenvalue weighted by molar-refractivity contribution is -0.136. The Balaban J connectivity index is 3.00. The minimum absolute atomic E-state index is 0.166. The van der Waals surface area contributed by atoms with Gasteiger partial charge < -0.3 is 9.84 Å². The highest BCUT2D eigenvalue weighted by atomic mass is 16.5. The summed E-state index contributed by atoms with van der Waals surface area (Å²) in [4.78, 5) is 22.3. The van der Waals surface area contributed by atoms with Crippen molar-refractivity contribution in [3.05, 3.63) is 22.3 Å². The van der Waals surface area contributed by atoms with Crippen LogP contribution in [0.3, 0.4) is 0 Å². The lowest BCUT2D eigenvalue weighted by Crippen LogP contribution is -2.16. The third-order valence-electron chi connectivity index (χ3n) is 2.60. The number of carboxylic acid groups (broad SMARTS) is 1. The van der Waals surface area contributed by atoms with Crippen molar-refractivity contribution in [2.75, 3.05) is 7.11 Å². The normalized spacial score (nSPS) is 16.7. The second-order valence-corrected chi connectivity index (χ2v) is 3.67. The topological polar surface area (TPSA) is 63.6 Å². The molecular weight excluding hydrogens is 196 g/mol. The average molecular weight is 210 g/mol. The lowest BCUT2D eigenvalue weighted by atomic mass is 9.87. The van der Waals surface area contributed by atoms with E-state index < -0.39 is 11.9 Å². The molecule has 1 N–H and O–H groups in total. The number of methoxy groups -OCH3 is 1. The molecular formula is C11H14O4. The van der Waals surface area contributed by atoms with Gasteiger partial charge in [0.25, 0.3) is 0 Å². The number of esters is 1. The Labute approximate surface area is 88.2 Å². The SMILES string of the molecule is COC(=O)C1=C(C)CC(C)=C(C(=O)O)C1. The standard InChI is InChI=1S/C11H14O4/c1-6-4-7(2)9(11(14)15-3)5-8(6)10(12)13/h4-5H2,1-3H3,(H,12,13). The monoisotopic (exact) mass is 210 g/mol. The first-order valence-electron chi connectivity index (χ1n) is 4.66. The van der Waals surface area contributed by atoms with Gasteiger partial charge in [-0.3, -0.25) is 0 Å². The number of carboxylic acids is 1. The van der Waals surface area contributed by atoms with Crippen LogP contribution < -0.4 is 0 Å². The molecule has 1 aliphatic carbocycles. The summed E-state index contributed by atoms with van der Waals surface area (Å²) in [5.41, 5.74) is 2.48. The van der Waals surface area contributed by atoms with Gasteiger partial charge in [-0.25, -0.2) is 9.59 Å². The van der Waals surface area contributed by atoms with Crippen molar-refractivity contribution >= 4 is 11.9 Å². The van der Waals surface area contributed by atoms with Crippen LogP contribution in [0.2, 0.25) is 0 Å². The number of hydrogen-bond acceptors (Lipinski definition) is 3. The molecule has 0 spiro atoms. The van der Waals surface area contributed by atoms with E-state index in [1.807, 2.05) is 6.92 Å². The fraction of sp³-hybridized carbons (Fsp3) is 0.455. The van der Waals surface area contributed by atoms with Crippen molar-refractivity contribution in [1.82, 2.24) is 0 Å². The van der Waals surface area contributed by atoms with Gasteiger partial charge in [0.05, 0.1) is 7.11 Å². The summed E-state index contributed by atoms with van der Waals surface area (Å²) < 4.78 is 4.61. The number of carbonyl (C=O) groups is 2. The Kier molecular flexibility index (Phi) is 3.29. The van der Waals surface area contributed by atoms with E-state index in [2.05, 4.69) is 4.74 Å². The van der Waals surface area contributed by atoms with Gasteiger partial charge in [-0.1, -0.05) is 11.1 Å². The van der Waals surface area contributed by atoms with Gasteiger partial charge in [0, 0.05) is 17.6 Å². The van der Waals surface area contributed by atoms with Crippen LogP contribution >= 0.6 is 0 Å². The fourth-order valence-corrected chi connectivity index (χ4v) is 1.72. The van der Waals surface area contributed by atoms with E-state index in [-0.39, 0.29) is 6.42 Å². The average Bonchev–Trinajstić information content (AvgIpc) is 2.16. The molecule has 0 fully saturated rings. The Hall–Kier alpha value is -1.58. The van der Waals surface area contributed by atoms with Crippen LogP contribution in [-0.4, -0.2) is 24.2 Å². The first kappa shape index (κ1) is 11.5. The lowest BCUT2D eigenvalue weighted by Gasteiger charge is -2.18. The highest BCUT2D eigenvalue weighted by Crippen LogP contribution is 2.30. The summed E-state index contributed by atoms with van der Waals surface area (Å²) in [6.45, 7) is 3.61. The molecule has 0 aromatic carbocycles. The quantitative estimate of drug-likeness (QED) is 0.704. The third kappa shape index (κ3) is 2.26. The second kappa shape index (κ2) is 4.29. The highest BCUT2D eigenvalue weighted by Gasteiger charge is 2.24. The Morgan fingerprint density at radius 3 is 2.13 bits per heavy atom. The maximum atomic E-state index is 11.4. The molecule has 0 bridgehead atoms. The zero-order chi connectivity index (χ0) is 11.6. The van der Waals surface area contributed by atoms with Crippen molar-refractivity contribution in [2.24, 2.45) is 0 Å². The number of aliphatic carboxylic acids is 1. The van der Waals surface area contributed by atoms with Crippen LogP contribution in [0, 0.1) is 0 Å². The molecule has 0 heterocycles. The minimum atomic E-state index is -0.957. The van der Waals surface area contributed by atoms with Crippen LogP contribution in [0.1, 0.15) is 26.7 Å². The van der Waals surface area contributed by atoms with Crippen molar-refractivity contribution in [3.63, 3.8) is 0 Å². The first-order chi connectivity index (χ1) is 6.97. The fourth-order valence-electron chi connectivity index (χ4n) is 1.72. The van der Waals surface area contributed by atoms with Crippen LogP contribution in [-0.2, 0) is 14.3 Å². The molecule has 0 saturated heterocycles. The first-order valence-corrected chi connectivity index (χ1v) is 4.66. The zero-order valence-corrected chi connectivity index (χ0v) is 9.09. The van der Waals surface area contributed by atoms with Gasteiger partial charge in [-0.2, -0.15) is 0 Å². The number of allylic oxidation sites excluding steroid dienone is 2. The van der Waals surface area contributed by atoms with E-state index >= 15 is 0 Å². The smallest absolute Gasteiger partial charge is 0.334 e. The van der Waals surface area contributed by atoms with Crippen molar-refractivity contribution in [3.8, 4) is 0 Å². The summed E-state index contributed by atoms with van der Waals surface area (Å²) in [6.07, 6.45) is 0.700. The molecule has 4 nitrogen and oxygen atoms in total.